The lowest BCUT2D eigenvalue weighted by Crippen LogP contribution is -2.45. The molecule has 1 saturated heterocycles. The molecular weight excluding hydrogens is 276 g/mol. The monoisotopic (exact) mass is 286 g/mol. The SMILES string of the molecule is O=[N+]([O-])c1cc(Br)ccc1CNC1COC1. The molecule has 6 heteroatoms. The van der Waals surface area contributed by atoms with Crippen LogP contribution in [-0.2, 0) is 11.3 Å². The molecule has 0 amide bonds. The van der Waals surface area contributed by atoms with Gasteiger partial charge in [-0.15, -0.1) is 0 Å². The zero-order chi connectivity index (χ0) is 11.5. The van der Waals surface area contributed by atoms with Crippen molar-refractivity contribution in [2.45, 2.75) is 12.6 Å². The largest absolute Gasteiger partial charge is 0.378 e. The Balaban J connectivity index is 2.08. The third-order valence-electron chi connectivity index (χ3n) is 2.46. The van der Waals surface area contributed by atoms with Crippen molar-refractivity contribution in [1.82, 2.24) is 5.32 Å². The van der Waals surface area contributed by atoms with Crippen LogP contribution in [-0.4, -0.2) is 24.2 Å². The van der Waals surface area contributed by atoms with Crippen LogP contribution in [0.1, 0.15) is 5.56 Å². The molecule has 0 radical (unpaired) electrons. The van der Waals surface area contributed by atoms with Crippen molar-refractivity contribution >= 4 is 21.6 Å². The van der Waals surface area contributed by atoms with Crippen molar-refractivity contribution in [3.8, 4) is 0 Å². The van der Waals surface area contributed by atoms with E-state index in [1.165, 1.54) is 6.07 Å². The summed E-state index contributed by atoms with van der Waals surface area (Å²) >= 11 is 3.22. The average Bonchev–Trinajstić information content (AvgIpc) is 2.17. The minimum absolute atomic E-state index is 0.141. The number of rotatable bonds is 4. The second kappa shape index (κ2) is 4.90. The molecule has 1 aliphatic heterocycles. The van der Waals surface area contributed by atoms with E-state index in [9.17, 15) is 10.1 Å². The number of nitro benzene ring substituents is 1. The summed E-state index contributed by atoms with van der Waals surface area (Å²) in [5.41, 5.74) is 0.835. The van der Waals surface area contributed by atoms with Crippen molar-refractivity contribution in [2.75, 3.05) is 13.2 Å². The third-order valence-corrected chi connectivity index (χ3v) is 2.96. The summed E-state index contributed by atoms with van der Waals surface area (Å²) in [5.74, 6) is 0. The van der Waals surface area contributed by atoms with Gasteiger partial charge in [-0.3, -0.25) is 10.1 Å². The highest BCUT2D eigenvalue weighted by Crippen LogP contribution is 2.23. The molecule has 0 saturated carbocycles. The first kappa shape index (κ1) is 11.5. The standard InChI is InChI=1S/C10H11BrN2O3/c11-8-2-1-7(10(3-8)13(14)15)4-12-9-5-16-6-9/h1-3,9,12H,4-6H2. The van der Waals surface area contributed by atoms with Gasteiger partial charge in [0, 0.05) is 22.6 Å². The van der Waals surface area contributed by atoms with Gasteiger partial charge >= 0.3 is 0 Å². The summed E-state index contributed by atoms with van der Waals surface area (Å²) in [6, 6.07) is 5.41. The molecule has 1 N–H and O–H groups in total. The maximum Gasteiger partial charge on any atom is 0.275 e. The fraction of sp³-hybridized carbons (Fsp3) is 0.400. The Morgan fingerprint density at radius 2 is 2.31 bits per heavy atom. The lowest BCUT2D eigenvalue weighted by Gasteiger charge is -2.26. The molecule has 1 aromatic carbocycles. The summed E-state index contributed by atoms with van der Waals surface area (Å²) in [6.45, 7) is 1.87. The Hall–Kier alpha value is -0.980. The number of nitrogens with one attached hydrogen (secondary N) is 1. The highest BCUT2D eigenvalue weighted by Gasteiger charge is 2.19. The Kier molecular flexibility index (Phi) is 3.52. The Labute approximate surface area is 101 Å². The van der Waals surface area contributed by atoms with Crippen molar-refractivity contribution in [3.05, 3.63) is 38.3 Å². The quantitative estimate of drug-likeness (QED) is 0.678. The van der Waals surface area contributed by atoms with Crippen LogP contribution in [0.5, 0.6) is 0 Å². The summed E-state index contributed by atoms with van der Waals surface area (Å²) in [7, 11) is 0. The highest BCUT2D eigenvalue weighted by atomic mass is 79.9. The zero-order valence-corrected chi connectivity index (χ0v) is 10.1. The molecule has 0 aliphatic carbocycles. The molecule has 1 aliphatic rings. The van der Waals surface area contributed by atoms with E-state index in [0.29, 0.717) is 31.4 Å². The maximum absolute atomic E-state index is 10.8. The van der Waals surface area contributed by atoms with Crippen LogP contribution >= 0.6 is 15.9 Å². The van der Waals surface area contributed by atoms with Crippen LogP contribution in [0.15, 0.2) is 22.7 Å². The first-order chi connectivity index (χ1) is 7.66. The number of hydrogen-bond acceptors (Lipinski definition) is 4. The van der Waals surface area contributed by atoms with Crippen LogP contribution in [0.2, 0.25) is 0 Å². The van der Waals surface area contributed by atoms with Gasteiger partial charge in [0.05, 0.1) is 24.2 Å². The normalized spacial score (nSPS) is 15.8. The Morgan fingerprint density at radius 3 is 2.88 bits per heavy atom. The molecule has 0 atom stereocenters. The maximum atomic E-state index is 10.8. The summed E-state index contributed by atoms with van der Waals surface area (Å²) in [4.78, 5) is 10.5. The van der Waals surface area contributed by atoms with Crippen LogP contribution < -0.4 is 5.32 Å². The minimum Gasteiger partial charge on any atom is -0.378 e. The van der Waals surface area contributed by atoms with Gasteiger partial charge in [0.2, 0.25) is 0 Å². The second-order valence-electron chi connectivity index (χ2n) is 3.65. The van der Waals surface area contributed by atoms with Gasteiger partial charge in [0.25, 0.3) is 5.69 Å². The van der Waals surface area contributed by atoms with Crippen molar-refractivity contribution in [3.63, 3.8) is 0 Å². The van der Waals surface area contributed by atoms with Gasteiger partial charge in [-0.05, 0) is 12.1 Å². The van der Waals surface area contributed by atoms with E-state index in [1.807, 2.05) is 0 Å². The number of benzene rings is 1. The van der Waals surface area contributed by atoms with E-state index in [0.717, 1.165) is 4.47 Å². The lowest BCUT2D eigenvalue weighted by molar-refractivity contribution is -0.385. The van der Waals surface area contributed by atoms with Crippen molar-refractivity contribution in [1.29, 1.82) is 0 Å². The zero-order valence-electron chi connectivity index (χ0n) is 8.48. The van der Waals surface area contributed by atoms with Gasteiger partial charge in [-0.25, -0.2) is 0 Å². The Morgan fingerprint density at radius 1 is 1.56 bits per heavy atom. The average molecular weight is 287 g/mol. The summed E-state index contributed by atoms with van der Waals surface area (Å²) in [6.07, 6.45) is 0. The fourth-order valence-electron chi connectivity index (χ4n) is 1.46. The molecule has 1 heterocycles. The molecule has 2 rings (SSSR count). The van der Waals surface area contributed by atoms with Gasteiger partial charge in [0.15, 0.2) is 0 Å². The number of ether oxygens (including phenoxy) is 1. The van der Waals surface area contributed by atoms with E-state index in [2.05, 4.69) is 21.2 Å². The van der Waals surface area contributed by atoms with E-state index in [-0.39, 0.29) is 10.6 Å². The van der Waals surface area contributed by atoms with Crippen LogP contribution in [0.4, 0.5) is 5.69 Å². The number of nitrogens with zero attached hydrogens (tertiary/aromatic N) is 1. The predicted molar refractivity (Wildman–Crippen MR) is 62.2 cm³/mol. The minimum atomic E-state index is -0.362. The van der Waals surface area contributed by atoms with Crippen LogP contribution in [0.3, 0.4) is 0 Å². The summed E-state index contributed by atoms with van der Waals surface area (Å²) < 4.78 is 5.73. The molecule has 5 nitrogen and oxygen atoms in total. The van der Waals surface area contributed by atoms with E-state index in [4.69, 9.17) is 4.74 Å². The lowest BCUT2D eigenvalue weighted by atomic mass is 10.1. The predicted octanol–water partition coefficient (Wildman–Crippen LogP) is 1.85. The fourth-order valence-corrected chi connectivity index (χ4v) is 1.81. The first-order valence-electron chi connectivity index (χ1n) is 4.91. The second-order valence-corrected chi connectivity index (χ2v) is 4.56. The molecule has 0 bridgehead atoms. The molecule has 16 heavy (non-hydrogen) atoms. The number of halogens is 1. The van der Waals surface area contributed by atoms with Gasteiger partial charge < -0.3 is 10.1 Å². The van der Waals surface area contributed by atoms with E-state index >= 15 is 0 Å². The molecule has 0 spiro atoms. The molecular formula is C10H11BrN2O3. The van der Waals surface area contributed by atoms with E-state index < -0.39 is 0 Å². The van der Waals surface area contributed by atoms with Gasteiger partial charge in [-0.2, -0.15) is 0 Å². The molecule has 0 aromatic heterocycles. The van der Waals surface area contributed by atoms with Gasteiger partial charge in [-0.1, -0.05) is 15.9 Å². The van der Waals surface area contributed by atoms with Crippen LogP contribution in [0.25, 0.3) is 0 Å². The first-order valence-corrected chi connectivity index (χ1v) is 5.70. The molecule has 1 aromatic rings. The molecule has 1 fully saturated rings. The molecule has 0 unspecified atom stereocenters. The van der Waals surface area contributed by atoms with Crippen molar-refractivity contribution in [2.24, 2.45) is 0 Å². The molecule has 86 valence electrons. The highest BCUT2D eigenvalue weighted by molar-refractivity contribution is 9.10. The smallest absolute Gasteiger partial charge is 0.275 e. The third kappa shape index (κ3) is 2.58. The number of nitro groups is 1. The van der Waals surface area contributed by atoms with E-state index in [1.54, 1.807) is 12.1 Å². The topological polar surface area (TPSA) is 64.4 Å². The van der Waals surface area contributed by atoms with Gasteiger partial charge in [0.1, 0.15) is 0 Å². The van der Waals surface area contributed by atoms with Crippen LogP contribution in [0, 0.1) is 10.1 Å². The number of hydrogen-bond donors (Lipinski definition) is 1. The summed E-state index contributed by atoms with van der Waals surface area (Å²) in [5, 5.41) is 14.0. The van der Waals surface area contributed by atoms with Crippen molar-refractivity contribution < 1.29 is 9.66 Å². The Bertz CT molecular complexity index is 407.